The molecule has 2 heterocycles. The van der Waals surface area contributed by atoms with Crippen molar-refractivity contribution in [1.29, 1.82) is 0 Å². The molecule has 0 spiro atoms. The molecule has 0 fully saturated rings. The number of hydrogen-bond acceptors (Lipinski definition) is 4. The van der Waals surface area contributed by atoms with Gasteiger partial charge >= 0.3 is 5.97 Å². The fourth-order valence-corrected chi connectivity index (χ4v) is 2.42. The number of phenols is 1. The molecule has 0 aliphatic heterocycles. The lowest BCUT2D eigenvalue weighted by Crippen LogP contribution is -2.00. The minimum Gasteiger partial charge on any atom is -0.508 e. The third-order valence-corrected chi connectivity index (χ3v) is 3.42. The second-order valence-electron chi connectivity index (χ2n) is 4.91. The highest BCUT2D eigenvalue weighted by molar-refractivity contribution is 6.03. The number of nitrogens with one attached hydrogen (secondary N) is 1. The molecule has 0 atom stereocenters. The topological polar surface area (TPSA) is 99.1 Å². The van der Waals surface area contributed by atoms with E-state index in [9.17, 15) is 15.0 Å². The summed E-state index contributed by atoms with van der Waals surface area (Å²) in [5, 5.41) is 26.2. The first-order valence-electron chi connectivity index (χ1n) is 6.36. The van der Waals surface area contributed by atoms with Crippen LogP contribution in [0.15, 0.2) is 24.3 Å². The number of rotatable bonds is 2. The SMILES string of the molecule is Cc1cc(O)ccc1-c1cc(C(=O)O)c2c(C)[nH]nc2n1. The number of aromatic hydroxyl groups is 1. The standard InChI is InChI=1S/C15H13N3O3/c1-7-5-9(19)3-4-10(7)12-6-11(15(20)21)13-8(2)17-18-14(13)16-12/h3-6,19H,1-2H3,(H,20,21)(H,16,17,18). The lowest BCUT2D eigenvalue weighted by Gasteiger charge is -2.07. The maximum Gasteiger partial charge on any atom is 0.336 e. The molecule has 0 amide bonds. The molecule has 0 radical (unpaired) electrons. The fraction of sp³-hybridized carbons (Fsp3) is 0.133. The van der Waals surface area contributed by atoms with Crippen molar-refractivity contribution in [2.24, 2.45) is 0 Å². The number of hydrogen-bond donors (Lipinski definition) is 3. The van der Waals surface area contributed by atoms with Crippen molar-refractivity contribution < 1.29 is 15.0 Å². The smallest absolute Gasteiger partial charge is 0.336 e. The molecule has 0 aliphatic rings. The number of benzene rings is 1. The van der Waals surface area contributed by atoms with Crippen molar-refractivity contribution in [3.63, 3.8) is 0 Å². The molecule has 3 rings (SSSR count). The van der Waals surface area contributed by atoms with Crippen LogP contribution in [0, 0.1) is 13.8 Å². The summed E-state index contributed by atoms with van der Waals surface area (Å²) in [7, 11) is 0. The number of carboxylic acid groups (broad SMARTS) is 1. The average molecular weight is 283 g/mol. The third-order valence-electron chi connectivity index (χ3n) is 3.42. The maximum absolute atomic E-state index is 11.5. The minimum absolute atomic E-state index is 0.159. The number of aryl methyl sites for hydroxylation is 2. The molecule has 106 valence electrons. The number of carbonyl (C=O) groups is 1. The van der Waals surface area contributed by atoms with E-state index in [0.717, 1.165) is 11.1 Å². The summed E-state index contributed by atoms with van der Waals surface area (Å²) in [4.78, 5) is 15.9. The number of phenolic OH excluding ortho intramolecular Hbond substituents is 1. The lowest BCUT2D eigenvalue weighted by atomic mass is 10.0. The van der Waals surface area contributed by atoms with E-state index in [1.54, 1.807) is 25.1 Å². The van der Waals surface area contributed by atoms with Gasteiger partial charge in [0.25, 0.3) is 0 Å². The van der Waals surface area contributed by atoms with Crippen molar-refractivity contribution in [3.05, 3.63) is 41.1 Å². The van der Waals surface area contributed by atoms with Crippen LogP contribution >= 0.6 is 0 Å². The molecule has 0 aliphatic carbocycles. The Bertz CT molecular complexity index is 868. The van der Waals surface area contributed by atoms with Gasteiger partial charge in [0.05, 0.1) is 16.6 Å². The molecule has 0 bridgehead atoms. The number of carboxylic acids is 1. The van der Waals surface area contributed by atoms with Crippen LogP contribution in [0.25, 0.3) is 22.3 Å². The van der Waals surface area contributed by atoms with Gasteiger partial charge in [0.15, 0.2) is 5.65 Å². The Kier molecular flexibility index (Phi) is 2.86. The predicted molar refractivity (Wildman–Crippen MR) is 77.4 cm³/mol. The van der Waals surface area contributed by atoms with Crippen molar-refractivity contribution in [3.8, 4) is 17.0 Å². The summed E-state index contributed by atoms with van der Waals surface area (Å²) in [6.07, 6.45) is 0. The first-order chi connectivity index (χ1) is 9.97. The first-order valence-corrected chi connectivity index (χ1v) is 6.36. The molecule has 21 heavy (non-hydrogen) atoms. The Balaban J connectivity index is 2.31. The van der Waals surface area contributed by atoms with Crippen LogP contribution in [0.3, 0.4) is 0 Å². The Hall–Kier alpha value is -2.89. The van der Waals surface area contributed by atoms with Gasteiger partial charge in [-0.05, 0) is 43.7 Å². The van der Waals surface area contributed by atoms with Gasteiger partial charge < -0.3 is 10.2 Å². The van der Waals surface area contributed by atoms with E-state index in [1.165, 1.54) is 6.07 Å². The summed E-state index contributed by atoms with van der Waals surface area (Å²) in [6, 6.07) is 6.40. The van der Waals surface area contributed by atoms with Gasteiger partial charge in [-0.15, -0.1) is 0 Å². The Labute approximate surface area is 120 Å². The minimum atomic E-state index is -1.02. The molecular weight excluding hydrogens is 270 g/mol. The highest BCUT2D eigenvalue weighted by Crippen LogP contribution is 2.29. The van der Waals surface area contributed by atoms with Gasteiger partial charge in [0.2, 0.25) is 0 Å². The summed E-state index contributed by atoms with van der Waals surface area (Å²) < 4.78 is 0. The Morgan fingerprint density at radius 1 is 1.24 bits per heavy atom. The van der Waals surface area contributed by atoms with Crippen LogP contribution in [0.4, 0.5) is 0 Å². The Morgan fingerprint density at radius 2 is 2.00 bits per heavy atom. The van der Waals surface area contributed by atoms with E-state index in [4.69, 9.17) is 0 Å². The molecule has 2 aromatic heterocycles. The van der Waals surface area contributed by atoms with Crippen LogP contribution in [0.2, 0.25) is 0 Å². The molecule has 3 aromatic rings. The van der Waals surface area contributed by atoms with E-state index in [0.29, 0.717) is 22.4 Å². The average Bonchev–Trinajstić information content (AvgIpc) is 2.79. The normalized spacial score (nSPS) is 11.0. The van der Waals surface area contributed by atoms with Gasteiger partial charge in [-0.2, -0.15) is 5.10 Å². The monoisotopic (exact) mass is 283 g/mol. The van der Waals surface area contributed by atoms with Crippen molar-refractivity contribution in [2.75, 3.05) is 0 Å². The molecule has 1 aromatic carbocycles. The number of aromatic nitrogens is 3. The molecule has 6 nitrogen and oxygen atoms in total. The zero-order chi connectivity index (χ0) is 15.1. The van der Waals surface area contributed by atoms with Crippen LogP contribution in [0.1, 0.15) is 21.6 Å². The van der Waals surface area contributed by atoms with Gasteiger partial charge in [-0.25, -0.2) is 9.78 Å². The van der Waals surface area contributed by atoms with E-state index in [-0.39, 0.29) is 11.3 Å². The zero-order valence-corrected chi connectivity index (χ0v) is 11.5. The number of nitrogens with zero attached hydrogens (tertiary/aromatic N) is 2. The number of aromatic carboxylic acids is 1. The maximum atomic E-state index is 11.5. The summed E-state index contributed by atoms with van der Waals surface area (Å²) >= 11 is 0. The first kappa shape index (κ1) is 13.1. The van der Waals surface area contributed by atoms with Crippen LogP contribution in [-0.4, -0.2) is 31.4 Å². The molecule has 3 N–H and O–H groups in total. The van der Waals surface area contributed by atoms with Crippen LogP contribution in [0.5, 0.6) is 5.75 Å². The van der Waals surface area contributed by atoms with Gasteiger partial charge in [0, 0.05) is 11.3 Å². The highest BCUT2D eigenvalue weighted by Gasteiger charge is 2.17. The molecular formula is C15H13N3O3. The molecule has 0 saturated carbocycles. The second-order valence-corrected chi connectivity index (χ2v) is 4.91. The van der Waals surface area contributed by atoms with Crippen LogP contribution in [-0.2, 0) is 0 Å². The zero-order valence-electron chi connectivity index (χ0n) is 11.5. The van der Waals surface area contributed by atoms with E-state index >= 15 is 0 Å². The second kappa shape index (κ2) is 4.59. The van der Waals surface area contributed by atoms with E-state index in [2.05, 4.69) is 15.2 Å². The number of fused-ring (bicyclic) bond motifs is 1. The molecule has 6 heteroatoms. The third kappa shape index (κ3) is 2.10. The summed E-state index contributed by atoms with van der Waals surface area (Å²) in [6.45, 7) is 3.59. The summed E-state index contributed by atoms with van der Waals surface area (Å²) in [5.41, 5.74) is 3.29. The molecule has 0 saturated heterocycles. The summed E-state index contributed by atoms with van der Waals surface area (Å²) in [5.74, 6) is -0.865. The van der Waals surface area contributed by atoms with E-state index in [1.807, 2.05) is 6.92 Å². The largest absolute Gasteiger partial charge is 0.508 e. The van der Waals surface area contributed by atoms with Gasteiger partial charge in [0.1, 0.15) is 5.75 Å². The number of H-pyrrole nitrogens is 1. The van der Waals surface area contributed by atoms with Crippen molar-refractivity contribution in [1.82, 2.24) is 15.2 Å². The predicted octanol–water partition coefficient (Wildman–Crippen LogP) is 2.65. The molecule has 0 unspecified atom stereocenters. The number of pyridine rings is 1. The van der Waals surface area contributed by atoms with E-state index < -0.39 is 5.97 Å². The quantitative estimate of drug-likeness (QED) is 0.671. The lowest BCUT2D eigenvalue weighted by molar-refractivity contribution is 0.0699. The Morgan fingerprint density at radius 3 is 2.67 bits per heavy atom. The van der Waals surface area contributed by atoms with Crippen molar-refractivity contribution in [2.45, 2.75) is 13.8 Å². The number of aromatic amines is 1. The van der Waals surface area contributed by atoms with Crippen LogP contribution < -0.4 is 0 Å². The van der Waals surface area contributed by atoms with Gasteiger partial charge in [-0.3, -0.25) is 5.10 Å². The fourth-order valence-electron chi connectivity index (χ4n) is 2.42. The van der Waals surface area contributed by atoms with Gasteiger partial charge in [-0.1, -0.05) is 0 Å². The highest BCUT2D eigenvalue weighted by atomic mass is 16.4. The van der Waals surface area contributed by atoms with Crippen molar-refractivity contribution >= 4 is 17.0 Å².